The van der Waals surface area contributed by atoms with E-state index in [-0.39, 0.29) is 47.3 Å². The van der Waals surface area contributed by atoms with E-state index in [0.29, 0.717) is 0 Å². The Morgan fingerprint density at radius 2 is 0.500 bits per heavy atom. The number of piperidine rings is 6. The fourth-order valence-electron chi connectivity index (χ4n) is 13.8. The molecule has 6 aromatic rings. The lowest BCUT2D eigenvalue weighted by Gasteiger charge is -2.47. The molecule has 0 aromatic heterocycles. The van der Waals surface area contributed by atoms with Gasteiger partial charge in [-0.2, -0.15) is 0 Å². The lowest BCUT2D eigenvalue weighted by molar-refractivity contribution is -0.0259. The van der Waals surface area contributed by atoms with Gasteiger partial charge in [0, 0.05) is 232 Å². The number of hydrogen-bond acceptors (Lipinski definition) is 24. The summed E-state index contributed by atoms with van der Waals surface area (Å²) in [4.78, 5) is -1.60. The van der Waals surface area contributed by atoms with Crippen LogP contribution in [0.15, 0.2) is 72.5 Å². The minimum atomic E-state index is -4.72. The molecule has 0 bridgehead atoms. The van der Waals surface area contributed by atoms with Gasteiger partial charge in [0.15, 0.2) is 69.0 Å². The number of phenolic OH excluding ortho intramolecular Hbond substituents is 3. The number of hydrogen-bond donors (Lipinski definition) is 9. The van der Waals surface area contributed by atoms with Crippen molar-refractivity contribution in [1.82, 2.24) is 29.4 Å². The minimum Gasteiger partial charge on any atom is -0.504 e. The predicted octanol–water partition coefficient (Wildman–Crippen LogP) is 20.7. The summed E-state index contributed by atoms with van der Waals surface area (Å²) in [6.45, 7) is -67.2. The van der Waals surface area contributed by atoms with Crippen LogP contribution in [0.3, 0.4) is 0 Å². The van der Waals surface area contributed by atoms with Crippen molar-refractivity contribution < 1.29 is 243 Å². The molecule has 0 aliphatic carbocycles. The van der Waals surface area contributed by atoms with Gasteiger partial charge in [-0.3, -0.25) is 29.4 Å². The second-order valence-corrected chi connectivity index (χ2v) is 32.9. The van der Waals surface area contributed by atoms with Gasteiger partial charge in [-0.05, 0) is 344 Å². The maximum atomic E-state index is 11.6. The van der Waals surface area contributed by atoms with Crippen molar-refractivity contribution >= 4 is 0 Å². The largest absolute Gasteiger partial charge is 0.504 e. The Labute approximate surface area is 1050 Å². The predicted molar refractivity (Wildman–Crippen MR) is 594 cm³/mol. The van der Waals surface area contributed by atoms with Crippen LogP contribution in [0.2, 0.25) is 0 Å². The second-order valence-electron chi connectivity index (χ2n) is 32.9. The highest BCUT2D eigenvalue weighted by Gasteiger charge is 2.48. The highest BCUT2D eigenvalue weighted by Crippen LogP contribution is 2.53. The van der Waals surface area contributed by atoms with Gasteiger partial charge in [0.05, 0.1) is 137 Å². The first-order valence-electron chi connectivity index (χ1n) is 101. The van der Waals surface area contributed by atoms with Crippen LogP contribution in [0.4, 0.5) is 0 Å². The molecule has 6 fully saturated rings. The Balaban J connectivity index is 0.000000306. The molecule has 0 amide bonds. The third-order valence-corrected chi connectivity index (χ3v) is 19.6. The van der Waals surface area contributed by atoms with Crippen LogP contribution in [0.5, 0.6) is 69.0 Å². The van der Waals surface area contributed by atoms with Crippen molar-refractivity contribution in [2.75, 3.05) is 142 Å². The summed E-state index contributed by atoms with van der Waals surface area (Å²) in [6, 6.07) is -29.9. The van der Waals surface area contributed by atoms with Gasteiger partial charge in [-0.1, -0.05) is 110 Å². The Kier molecular flexibility index (Phi) is 13.9. The second kappa shape index (κ2) is 54.1. The number of terminal acetylenes is 3. The van der Waals surface area contributed by atoms with Crippen molar-refractivity contribution in [3.8, 4) is 106 Å². The number of ether oxygens (including phenoxy) is 9. The van der Waals surface area contributed by atoms with E-state index in [1.165, 1.54) is 13.8 Å². The third-order valence-electron chi connectivity index (χ3n) is 19.6. The molecule has 9 N–H and O–H groups in total. The SMILES string of the molecule is C#CC.C#CC.C#CC.[2H]Oc1c([2H])c2c(c([2H])c1OC([2H])([2H])[2H])C1N(C([2H])([2H])C2([2H])[2H])C([2H])([2H])C([2H])(C([2H])([2H])C(C)(C([2H])([2H])[2H])C([2H])([2H])[2H])C([2H])(O)C1([2H])[2H].[2H]Oc1c([2H])c2c(c([2H])c1OC([2H])([2H])[2H])C1N(C([2H])([2H])C2([2H])[2H])C([2H])([2H])C([2H])(CC(C)C)C([2H])(O)C1([2H])[2H].[2H]Oc1c([2H])c2c(c([2H])c1OC)C1N(C([2H])([2H])C2([2H])[2H])C([2H])([2H])C([2H])(CC(C)C)C([2H])(O)C1([2H])[2H].[2H]c1c(OC([2H])([2H])[2H])c(OC)c([2H])c2c1C1N(C([2H])([2H])C2([2H])[2H])C([2H])([2H])C([2H])(C([2H])([2H])C(C)(C([2H])([2H])[2H])C([2H])([2H])[2H])C([2H])(O)C1([2H])[2H].[2H]c1c(OC)c(OC)c([2H])c2c1C1N(C([2H])([2H])C2([2H])[2H])C([2H])([2H])C([2H])(C([2H])([2H])C(C)(C([2H])([2H])[2H])C([2H])([2H])[2H])C([2H])(O)C1([2H])[2H].[2H]c1c(OC)c(OC)c([2H])c2c1C1N(C([2H])([2H])C2([2H])[2H])C([2H])([2H])C([2H])(C([2H])([2H])C(C)(C([2H])([2H])[2H])C([2H])([2H])[2H])C([2H])(O)C1([2H])[2H]. The van der Waals surface area contributed by atoms with E-state index in [4.69, 9.17) is 197 Å². The normalized spacial score (nSPS) is 53.1. The monoisotopic (exact) mass is 2170 g/mol. The van der Waals surface area contributed by atoms with Crippen LogP contribution in [-0.4, -0.2) is 258 Å². The van der Waals surface area contributed by atoms with Crippen molar-refractivity contribution in [2.45, 2.75) is 319 Å². The first-order chi connectivity index (χ1) is 116. The van der Waals surface area contributed by atoms with Gasteiger partial charge >= 0.3 is 0 Å². The average molecular weight is 2170 g/mol. The summed E-state index contributed by atoms with van der Waals surface area (Å²) >= 11 is 0. The molecular formula is C124H188N6O18. The molecule has 822 valence electrons. The zero-order valence-electron chi connectivity index (χ0n) is 198. The van der Waals surface area contributed by atoms with E-state index in [2.05, 4.69) is 57.1 Å². The number of aliphatic hydroxyl groups is 6. The number of phenols is 3. The zero-order valence-corrected chi connectivity index (χ0v) is 82.0. The maximum absolute atomic E-state index is 11.6. The van der Waals surface area contributed by atoms with Gasteiger partial charge in [0.2, 0.25) is 0 Å². The summed E-state index contributed by atoms with van der Waals surface area (Å²) in [5.41, 5.74) is -28.5. The quantitative estimate of drug-likeness (QED) is 0.0321. The van der Waals surface area contributed by atoms with Crippen molar-refractivity contribution in [3.63, 3.8) is 0 Å². The standard InChI is InChI=1S/3C20H31NO3.C19H29NO3.2C18H27NO3.3C3H4/c3*1-20(2,3)11-14-12-21-7-6-13-8-18(23-4)19(24-5)9-15(13)16(21)10-17(14)22;1-19(2,3)10-13-11-20-6-5-12-7-17(22)18(23-4)8-14(12)15(20)9-16(13)21;2*1-11(2)6-13-10-19-5-4-12-7-17(21)18(22-3)8-14(12)15(19)9-16(13)20;3*1-3-2/h3*8-9,14,16-17,22H,6-7,10-12H2,1-5H3;7-8,13,15-16,21-22H,5-6,9-11H2,1-4H3;2*7-8,11,13,15-16,20-21H,4-6,9-10H2,1-3H3;3*1H,2H3/i1D3,2D3,5D3,6D2,7D2,8D,9D,10D2,11D2,12D2,14D,17D;2*1D3,2D3,6D2,7D2,8D,9D,10D2,11D2,12D2,14D,17D;1D3,2D3,4D3,5D2,6D2,7D,8D,9D2,10D2,11D2,13D,16D;3D3,4D2,5D2,7D,8D,9D2,10D2,13D,16D;4D2,5D2,7D,8D,9D2,10D2,13D,16D;;;/hD3. The molecule has 0 spiro atoms. The van der Waals surface area contributed by atoms with Crippen molar-refractivity contribution in [2.24, 2.45) is 68.9 Å². The molecule has 0 radical (unpaired) electrons. The highest BCUT2D eigenvalue weighted by molar-refractivity contribution is 5.55. The van der Waals surface area contributed by atoms with E-state index in [9.17, 15) is 30.6 Å². The molecule has 24 nitrogen and oxygen atoms in total. The highest BCUT2D eigenvalue weighted by atomic mass is 16.5. The number of rotatable bonds is 20. The Morgan fingerprint density at radius 1 is 0.324 bits per heavy atom. The van der Waals surface area contributed by atoms with Crippen molar-refractivity contribution in [1.29, 1.82) is 4.29 Å². The number of methoxy groups -OCH3 is 9. The molecule has 12 aliphatic rings. The Hall–Kier alpha value is -8.88. The van der Waals surface area contributed by atoms with Crippen LogP contribution in [-0.2, 0) is 38.2 Å². The van der Waals surface area contributed by atoms with Gasteiger partial charge in [-0.25, -0.2) is 0 Å². The van der Waals surface area contributed by atoms with Crippen LogP contribution < -0.4 is 42.6 Å². The Morgan fingerprint density at radius 3 is 0.696 bits per heavy atom. The summed E-state index contributed by atoms with van der Waals surface area (Å²) in [7, 11) is -4.35. The Bertz CT molecular complexity index is 10700. The molecule has 0 saturated carbocycles. The first kappa shape index (κ1) is 38.0. The fourth-order valence-corrected chi connectivity index (χ4v) is 13.8. The molecule has 12 heterocycles. The van der Waals surface area contributed by atoms with Crippen LogP contribution in [0, 0.1) is 106 Å². The van der Waals surface area contributed by atoms with E-state index in [0.717, 1.165) is 42.7 Å². The number of nitrogens with zero attached hydrogens (tertiary/aromatic N) is 6. The molecule has 12 aliphatic heterocycles. The van der Waals surface area contributed by atoms with Crippen LogP contribution in [0.25, 0.3) is 0 Å². The summed E-state index contributed by atoms with van der Waals surface area (Å²) in [5, 5.41) is 81.6. The summed E-state index contributed by atoms with van der Waals surface area (Å²) in [6.07, 6.45) is -75.9. The van der Waals surface area contributed by atoms with Crippen LogP contribution >= 0.6 is 0 Å². The molecule has 6 saturated heterocycles. The topological polar surface area (TPSA) is 285 Å². The smallest absolute Gasteiger partial charge is 0.293 e. The summed E-state index contributed by atoms with van der Waals surface area (Å²) in [5.74, 6) is -29.9. The third kappa shape index (κ3) is 31.7. The molecular weight excluding hydrogens is 1860 g/mol. The van der Waals surface area contributed by atoms with Crippen molar-refractivity contribution in [3.05, 3.63) is 139 Å². The van der Waals surface area contributed by atoms with E-state index in [1.807, 2.05) is 0 Å². The maximum Gasteiger partial charge on any atom is 0.293 e. The van der Waals surface area contributed by atoms with Gasteiger partial charge in [0.1, 0.15) is 0 Å². The number of fused-ring (bicyclic) bond motifs is 18. The van der Waals surface area contributed by atoms with Gasteiger partial charge < -0.3 is 88.6 Å². The average Bonchev–Trinajstić information content (AvgIpc) is 0.636. The minimum absolute atomic E-state index is 0.0124. The number of aromatic hydroxyl groups is 3. The molecule has 18 rings (SSSR count). The first-order valence-corrected chi connectivity index (χ1v) is 43.2. The zero-order chi connectivity index (χ0) is 210. The molecule has 24 heteroatoms. The molecule has 148 heavy (non-hydrogen) atoms. The molecule has 6 aromatic carbocycles. The van der Waals surface area contributed by atoms with E-state index < -0.39 is 628 Å². The fraction of sp³-hybridized carbons (Fsp3) is 0.661. The lowest BCUT2D eigenvalue weighted by atomic mass is 9.75. The molecule has 18 unspecified atom stereocenters. The summed E-state index contributed by atoms with van der Waals surface area (Å²) < 4.78 is 1020. The molecule has 18 atom stereocenters. The van der Waals surface area contributed by atoms with Gasteiger partial charge in [-0.15, -0.1) is 37.0 Å². The number of benzene rings is 6. The van der Waals surface area contributed by atoms with Crippen LogP contribution in [0.1, 0.15) is 465 Å². The van der Waals surface area contributed by atoms with E-state index in [1.54, 1.807) is 34.6 Å². The van der Waals surface area contributed by atoms with Gasteiger partial charge in [0.25, 0.3) is 4.29 Å². The lowest BCUT2D eigenvalue weighted by Crippen LogP contribution is -2.48. The van der Waals surface area contributed by atoms with E-state index >= 15 is 0 Å².